The molecule has 0 fully saturated rings. The second-order valence-corrected chi connectivity index (χ2v) is 4.18. The lowest BCUT2D eigenvalue weighted by Gasteiger charge is -2.04. The zero-order chi connectivity index (χ0) is 9.68. The van der Waals surface area contributed by atoms with Crippen LogP contribution in [0.2, 0.25) is 0 Å². The summed E-state index contributed by atoms with van der Waals surface area (Å²) in [4.78, 5) is 15.3. The predicted molar refractivity (Wildman–Crippen MR) is 52.9 cm³/mol. The van der Waals surface area contributed by atoms with Crippen molar-refractivity contribution in [1.82, 2.24) is 4.98 Å². The van der Waals surface area contributed by atoms with E-state index in [0.717, 1.165) is 0 Å². The molecule has 3 nitrogen and oxygen atoms in total. The second kappa shape index (κ2) is 4.97. The van der Waals surface area contributed by atoms with E-state index in [1.807, 2.05) is 6.92 Å². The Hall–Kier alpha value is -0.900. The lowest BCUT2D eigenvalue weighted by atomic mass is 10.3. The van der Waals surface area contributed by atoms with E-state index in [1.165, 1.54) is 6.20 Å². The predicted octanol–water partition coefficient (Wildman–Crippen LogP) is 2.02. The van der Waals surface area contributed by atoms with Crippen LogP contribution in [0.15, 0.2) is 24.5 Å². The normalized spacial score (nSPS) is 12.2. The second-order valence-electron chi connectivity index (χ2n) is 2.62. The maximum Gasteiger partial charge on any atom is 0.339 e. The van der Waals surface area contributed by atoms with Crippen molar-refractivity contribution in [3.63, 3.8) is 0 Å². The molecule has 1 unspecified atom stereocenters. The van der Waals surface area contributed by atoms with E-state index < -0.39 is 0 Å². The standard InChI is InChI=1S/C9H10BrNO2/c1-7(10)6-13-9(12)8-3-2-4-11-5-8/h2-5,7H,6H2,1H3. The lowest BCUT2D eigenvalue weighted by Crippen LogP contribution is -2.11. The minimum absolute atomic E-state index is 0.174. The van der Waals surface area contributed by atoms with Crippen LogP contribution in [0.25, 0.3) is 0 Å². The number of carbonyl (C=O) groups excluding carboxylic acids is 1. The largest absolute Gasteiger partial charge is 0.461 e. The number of hydrogen-bond donors (Lipinski definition) is 0. The average molecular weight is 244 g/mol. The third kappa shape index (κ3) is 3.55. The number of halogens is 1. The minimum atomic E-state index is -0.334. The smallest absolute Gasteiger partial charge is 0.339 e. The van der Waals surface area contributed by atoms with Crippen LogP contribution in [0.1, 0.15) is 17.3 Å². The molecule has 0 amide bonds. The molecule has 0 aliphatic rings. The van der Waals surface area contributed by atoms with Gasteiger partial charge in [-0.25, -0.2) is 4.79 Å². The number of esters is 1. The van der Waals surface area contributed by atoms with Crippen LogP contribution in [0.5, 0.6) is 0 Å². The molecular formula is C9H10BrNO2. The summed E-state index contributed by atoms with van der Waals surface area (Å²) in [6.07, 6.45) is 3.10. The number of aromatic nitrogens is 1. The summed E-state index contributed by atoms with van der Waals surface area (Å²) < 4.78 is 4.96. The van der Waals surface area contributed by atoms with Crippen LogP contribution < -0.4 is 0 Å². The highest BCUT2D eigenvalue weighted by Gasteiger charge is 2.07. The third-order valence-corrected chi connectivity index (χ3v) is 1.61. The van der Waals surface area contributed by atoms with Crippen molar-refractivity contribution in [2.24, 2.45) is 0 Å². The number of pyridine rings is 1. The summed E-state index contributed by atoms with van der Waals surface area (Å²) in [5.74, 6) is -0.334. The molecule has 0 N–H and O–H groups in total. The molecule has 0 aliphatic heterocycles. The van der Waals surface area contributed by atoms with E-state index >= 15 is 0 Å². The number of rotatable bonds is 3. The van der Waals surface area contributed by atoms with Gasteiger partial charge in [0.15, 0.2) is 0 Å². The summed E-state index contributed by atoms with van der Waals surface area (Å²) >= 11 is 3.28. The Balaban J connectivity index is 2.50. The molecule has 70 valence electrons. The van der Waals surface area contributed by atoms with Gasteiger partial charge in [0.25, 0.3) is 0 Å². The molecule has 1 rings (SSSR count). The highest BCUT2D eigenvalue weighted by molar-refractivity contribution is 9.09. The molecule has 0 radical (unpaired) electrons. The number of hydrogen-bond acceptors (Lipinski definition) is 3. The Kier molecular flexibility index (Phi) is 3.89. The van der Waals surface area contributed by atoms with Gasteiger partial charge < -0.3 is 4.74 Å². The summed E-state index contributed by atoms with van der Waals surface area (Å²) in [6, 6.07) is 3.38. The zero-order valence-corrected chi connectivity index (χ0v) is 8.82. The first kappa shape index (κ1) is 10.2. The molecule has 4 heteroatoms. The van der Waals surface area contributed by atoms with Gasteiger partial charge in [-0.05, 0) is 19.1 Å². The molecule has 1 aromatic rings. The van der Waals surface area contributed by atoms with E-state index in [9.17, 15) is 4.79 Å². The summed E-state index contributed by atoms with van der Waals surface area (Å²) in [7, 11) is 0. The van der Waals surface area contributed by atoms with Crippen molar-refractivity contribution >= 4 is 21.9 Å². The van der Waals surface area contributed by atoms with E-state index in [4.69, 9.17) is 4.74 Å². The molecule has 1 heterocycles. The first-order valence-corrected chi connectivity index (χ1v) is 4.83. The Labute approximate surface area is 85.3 Å². The van der Waals surface area contributed by atoms with E-state index in [1.54, 1.807) is 18.3 Å². The molecule has 0 aromatic carbocycles. The van der Waals surface area contributed by atoms with Crippen LogP contribution in [0.3, 0.4) is 0 Å². The fraction of sp³-hybridized carbons (Fsp3) is 0.333. The van der Waals surface area contributed by atoms with Crippen molar-refractivity contribution < 1.29 is 9.53 Å². The summed E-state index contributed by atoms with van der Waals surface area (Å²) in [5.41, 5.74) is 0.482. The Morgan fingerprint density at radius 3 is 3.08 bits per heavy atom. The Bertz CT molecular complexity index is 274. The molecule has 1 aromatic heterocycles. The molecule has 0 aliphatic carbocycles. The van der Waals surface area contributed by atoms with Crippen LogP contribution in [0, 0.1) is 0 Å². The van der Waals surface area contributed by atoms with Gasteiger partial charge in [0.05, 0.1) is 5.56 Å². The van der Waals surface area contributed by atoms with Crippen molar-refractivity contribution in [1.29, 1.82) is 0 Å². The van der Waals surface area contributed by atoms with Crippen molar-refractivity contribution in [3.8, 4) is 0 Å². The molecule has 0 spiro atoms. The van der Waals surface area contributed by atoms with Gasteiger partial charge in [-0.2, -0.15) is 0 Å². The molecule has 0 saturated carbocycles. The van der Waals surface area contributed by atoms with E-state index in [-0.39, 0.29) is 10.8 Å². The monoisotopic (exact) mass is 243 g/mol. The van der Waals surface area contributed by atoms with Crippen molar-refractivity contribution in [2.45, 2.75) is 11.8 Å². The topological polar surface area (TPSA) is 39.2 Å². The van der Waals surface area contributed by atoms with Crippen LogP contribution in [-0.4, -0.2) is 22.4 Å². The number of carbonyl (C=O) groups is 1. The van der Waals surface area contributed by atoms with Gasteiger partial charge in [0.1, 0.15) is 6.61 Å². The number of ether oxygens (including phenoxy) is 1. The molecule has 0 bridgehead atoms. The summed E-state index contributed by atoms with van der Waals surface area (Å²) in [5, 5.41) is 0. The van der Waals surface area contributed by atoms with Crippen LogP contribution in [0.4, 0.5) is 0 Å². The quantitative estimate of drug-likeness (QED) is 0.603. The van der Waals surface area contributed by atoms with Crippen LogP contribution >= 0.6 is 15.9 Å². The zero-order valence-electron chi connectivity index (χ0n) is 7.24. The minimum Gasteiger partial charge on any atom is -0.461 e. The van der Waals surface area contributed by atoms with Gasteiger partial charge in [-0.15, -0.1) is 0 Å². The molecule has 13 heavy (non-hydrogen) atoms. The molecular weight excluding hydrogens is 234 g/mol. The SMILES string of the molecule is CC(Br)COC(=O)c1cccnc1. The Morgan fingerprint density at radius 2 is 2.54 bits per heavy atom. The summed E-state index contributed by atoms with van der Waals surface area (Å²) in [6.45, 7) is 2.28. The number of nitrogens with zero attached hydrogens (tertiary/aromatic N) is 1. The van der Waals surface area contributed by atoms with Gasteiger partial charge in [-0.3, -0.25) is 4.98 Å². The fourth-order valence-corrected chi connectivity index (χ4v) is 0.890. The lowest BCUT2D eigenvalue weighted by molar-refractivity contribution is 0.0511. The third-order valence-electron chi connectivity index (χ3n) is 1.34. The average Bonchev–Trinajstić information content (AvgIpc) is 2.15. The van der Waals surface area contributed by atoms with E-state index in [0.29, 0.717) is 12.2 Å². The van der Waals surface area contributed by atoms with Gasteiger partial charge >= 0.3 is 5.97 Å². The first-order chi connectivity index (χ1) is 6.20. The van der Waals surface area contributed by atoms with Crippen molar-refractivity contribution in [2.75, 3.05) is 6.61 Å². The van der Waals surface area contributed by atoms with Crippen molar-refractivity contribution in [3.05, 3.63) is 30.1 Å². The maximum atomic E-state index is 11.3. The molecule has 0 saturated heterocycles. The van der Waals surface area contributed by atoms with Crippen LogP contribution in [-0.2, 0) is 4.74 Å². The first-order valence-electron chi connectivity index (χ1n) is 3.91. The van der Waals surface area contributed by atoms with Gasteiger partial charge in [0, 0.05) is 17.2 Å². The number of alkyl halides is 1. The highest BCUT2D eigenvalue weighted by atomic mass is 79.9. The Morgan fingerprint density at radius 1 is 1.77 bits per heavy atom. The maximum absolute atomic E-state index is 11.3. The van der Waals surface area contributed by atoms with E-state index in [2.05, 4.69) is 20.9 Å². The fourth-order valence-electron chi connectivity index (χ4n) is 0.757. The van der Waals surface area contributed by atoms with Gasteiger partial charge in [0.2, 0.25) is 0 Å². The highest BCUT2D eigenvalue weighted by Crippen LogP contribution is 2.02. The van der Waals surface area contributed by atoms with Gasteiger partial charge in [-0.1, -0.05) is 15.9 Å². The molecule has 1 atom stereocenters.